The molecule has 2 aliphatic heterocycles. The van der Waals surface area contributed by atoms with Crippen LogP contribution in [0, 0.1) is 19.8 Å². The highest BCUT2D eigenvalue weighted by molar-refractivity contribution is 7.94. The van der Waals surface area contributed by atoms with Gasteiger partial charge in [0.1, 0.15) is 0 Å². The van der Waals surface area contributed by atoms with E-state index in [0.29, 0.717) is 18.7 Å². The van der Waals surface area contributed by atoms with Gasteiger partial charge in [-0.25, -0.2) is 12.7 Å². The summed E-state index contributed by atoms with van der Waals surface area (Å²) in [6.45, 7) is 8.42. The van der Waals surface area contributed by atoms with Crippen LogP contribution in [0.1, 0.15) is 28.4 Å². The molecule has 2 saturated heterocycles. The average molecular weight is 442 g/mol. The fourth-order valence-corrected chi connectivity index (χ4v) is 6.08. The molecule has 1 atom stereocenters. The lowest BCUT2D eigenvalue weighted by Gasteiger charge is -2.37. The summed E-state index contributed by atoms with van der Waals surface area (Å²) in [7, 11) is -3.70. The molecule has 0 aromatic heterocycles. The molecule has 0 aliphatic carbocycles. The van der Waals surface area contributed by atoms with Crippen LogP contribution in [0.5, 0.6) is 0 Å². The smallest absolute Gasteiger partial charge is 0.254 e. The minimum Gasteiger partial charge on any atom is -0.368 e. The fraction of sp³-hybridized carbons (Fsp3) is 0.391. The van der Waals surface area contributed by atoms with Gasteiger partial charge in [-0.1, -0.05) is 25.1 Å². The second kappa shape index (κ2) is 8.00. The van der Waals surface area contributed by atoms with Gasteiger partial charge in [0.15, 0.2) is 0 Å². The van der Waals surface area contributed by atoms with Crippen LogP contribution >= 0.6 is 0 Å². The second-order valence-electron chi connectivity index (χ2n) is 8.33. The highest BCUT2D eigenvalue weighted by Crippen LogP contribution is 2.29. The third kappa shape index (κ3) is 3.92. The summed E-state index contributed by atoms with van der Waals surface area (Å²) in [4.78, 5) is 29.5. The van der Waals surface area contributed by atoms with Gasteiger partial charge in [-0.2, -0.15) is 0 Å². The molecule has 0 bridgehead atoms. The van der Waals surface area contributed by atoms with Gasteiger partial charge in [-0.05, 0) is 49.2 Å². The Morgan fingerprint density at radius 2 is 1.68 bits per heavy atom. The first-order chi connectivity index (χ1) is 14.7. The van der Waals surface area contributed by atoms with E-state index >= 15 is 0 Å². The van der Waals surface area contributed by atoms with Crippen molar-refractivity contribution in [2.75, 3.05) is 41.1 Å². The Hall–Kier alpha value is -2.87. The first kappa shape index (κ1) is 21.4. The lowest BCUT2D eigenvalue weighted by Crippen LogP contribution is -2.49. The van der Waals surface area contributed by atoms with Gasteiger partial charge in [0, 0.05) is 37.4 Å². The van der Waals surface area contributed by atoms with Crippen molar-refractivity contribution in [3.63, 3.8) is 0 Å². The van der Waals surface area contributed by atoms with Crippen LogP contribution in [0.2, 0.25) is 0 Å². The molecule has 2 aliphatic rings. The predicted molar refractivity (Wildman–Crippen MR) is 121 cm³/mol. The van der Waals surface area contributed by atoms with E-state index < -0.39 is 21.8 Å². The summed E-state index contributed by atoms with van der Waals surface area (Å²) < 4.78 is 25.6. The molecule has 2 aromatic rings. The molecule has 164 valence electrons. The van der Waals surface area contributed by atoms with Crippen molar-refractivity contribution in [3.8, 4) is 0 Å². The number of benzene rings is 2. The molecular formula is C23H27N3O4S. The fourth-order valence-electron chi connectivity index (χ4n) is 4.26. The number of anilines is 2. The molecule has 0 radical (unpaired) electrons. The molecular weight excluding hydrogens is 414 g/mol. The monoisotopic (exact) mass is 441 g/mol. The molecule has 31 heavy (non-hydrogen) atoms. The van der Waals surface area contributed by atoms with Crippen LogP contribution in [0.4, 0.5) is 11.4 Å². The average Bonchev–Trinajstić information content (AvgIpc) is 2.96. The summed E-state index contributed by atoms with van der Waals surface area (Å²) >= 11 is 0. The third-order valence-electron chi connectivity index (χ3n) is 6.17. The van der Waals surface area contributed by atoms with Crippen molar-refractivity contribution < 1.29 is 18.0 Å². The molecule has 2 amide bonds. The minimum atomic E-state index is -3.70. The van der Waals surface area contributed by atoms with Gasteiger partial charge in [-0.3, -0.25) is 9.59 Å². The van der Waals surface area contributed by atoms with E-state index in [-0.39, 0.29) is 17.3 Å². The first-order valence-corrected chi connectivity index (χ1v) is 12.1. The van der Waals surface area contributed by atoms with Gasteiger partial charge in [0.2, 0.25) is 15.9 Å². The molecule has 8 heteroatoms. The highest BCUT2D eigenvalue weighted by Gasteiger charge is 2.42. The zero-order chi connectivity index (χ0) is 22.3. The number of aryl methyl sites for hydroxylation is 1. The SMILES string of the molecule is Cc1cccc(N2CCN(C(=O)c3cccc(N4C(=O)[C@H](C)CS4(=O)=O)c3)CC2)c1C. The lowest BCUT2D eigenvalue weighted by atomic mass is 10.1. The second-order valence-corrected chi connectivity index (χ2v) is 10.2. The van der Waals surface area contributed by atoms with Crippen LogP contribution in [-0.4, -0.2) is 57.1 Å². The van der Waals surface area contributed by atoms with Crippen LogP contribution in [-0.2, 0) is 14.8 Å². The summed E-state index contributed by atoms with van der Waals surface area (Å²) in [6, 6.07) is 12.6. The van der Waals surface area contributed by atoms with Gasteiger partial charge in [0.25, 0.3) is 5.91 Å². The Kier molecular flexibility index (Phi) is 5.51. The molecule has 2 aromatic carbocycles. The predicted octanol–water partition coefficient (Wildman–Crippen LogP) is 2.58. The van der Waals surface area contributed by atoms with E-state index in [1.165, 1.54) is 22.9 Å². The van der Waals surface area contributed by atoms with Crippen LogP contribution in [0.25, 0.3) is 0 Å². The molecule has 0 unspecified atom stereocenters. The first-order valence-electron chi connectivity index (χ1n) is 10.5. The number of carbonyl (C=O) groups excluding carboxylic acids is 2. The normalized spacial score (nSPS) is 20.9. The molecule has 2 heterocycles. The number of amides is 2. The van der Waals surface area contributed by atoms with Crippen LogP contribution in [0.3, 0.4) is 0 Å². The largest absolute Gasteiger partial charge is 0.368 e. The van der Waals surface area contributed by atoms with Gasteiger partial charge in [0.05, 0.1) is 17.4 Å². The van der Waals surface area contributed by atoms with Crippen molar-refractivity contribution in [1.82, 2.24) is 4.90 Å². The minimum absolute atomic E-state index is 0.153. The summed E-state index contributed by atoms with van der Waals surface area (Å²) in [5.74, 6) is -1.39. The zero-order valence-electron chi connectivity index (χ0n) is 18.0. The Morgan fingerprint density at radius 3 is 2.32 bits per heavy atom. The maximum atomic E-state index is 13.1. The Balaban J connectivity index is 1.50. The topological polar surface area (TPSA) is 78.0 Å². The van der Waals surface area contributed by atoms with Gasteiger partial charge < -0.3 is 9.80 Å². The van der Waals surface area contributed by atoms with Crippen molar-refractivity contribution >= 4 is 33.2 Å². The van der Waals surface area contributed by atoms with E-state index in [1.54, 1.807) is 30.0 Å². The lowest BCUT2D eigenvalue weighted by molar-refractivity contribution is -0.119. The Labute approximate surface area is 183 Å². The van der Waals surface area contributed by atoms with E-state index in [1.807, 2.05) is 0 Å². The van der Waals surface area contributed by atoms with Crippen molar-refractivity contribution in [2.24, 2.45) is 5.92 Å². The number of nitrogens with zero attached hydrogens (tertiary/aromatic N) is 3. The quantitative estimate of drug-likeness (QED) is 0.732. The van der Waals surface area contributed by atoms with Crippen LogP contribution < -0.4 is 9.21 Å². The number of carbonyl (C=O) groups is 2. The highest BCUT2D eigenvalue weighted by atomic mass is 32.2. The number of piperazine rings is 1. The molecule has 0 N–H and O–H groups in total. The van der Waals surface area contributed by atoms with E-state index in [4.69, 9.17) is 0 Å². The molecule has 0 spiro atoms. The molecule has 0 saturated carbocycles. The van der Waals surface area contributed by atoms with Gasteiger partial charge >= 0.3 is 0 Å². The Morgan fingerprint density at radius 1 is 1.00 bits per heavy atom. The number of hydrogen-bond donors (Lipinski definition) is 0. The van der Waals surface area contributed by atoms with E-state index in [9.17, 15) is 18.0 Å². The number of sulfonamides is 1. The molecule has 7 nitrogen and oxygen atoms in total. The summed E-state index contributed by atoms with van der Waals surface area (Å²) in [6.07, 6.45) is 0. The number of hydrogen-bond acceptors (Lipinski definition) is 5. The van der Waals surface area contributed by atoms with Crippen molar-refractivity contribution in [2.45, 2.75) is 20.8 Å². The maximum Gasteiger partial charge on any atom is 0.254 e. The van der Waals surface area contributed by atoms with E-state index in [0.717, 1.165) is 17.4 Å². The summed E-state index contributed by atoms with van der Waals surface area (Å²) in [5, 5.41) is 0. The van der Waals surface area contributed by atoms with Crippen molar-refractivity contribution in [3.05, 3.63) is 59.2 Å². The Bertz CT molecular complexity index is 1140. The maximum absolute atomic E-state index is 13.1. The van der Waals surface area contributed by atoms with Crippen LogP contribution in [0.15, 0.2) is 42.5 Å². The molecule has 4 rings (SSSR count). The number of rotatable bonds is 3. The van der Waals surface area contributed by atoms with Crippen molar-refractivity contribution in [1.29, 1.82) is 0 Å². The molecule has 2 fully saturated rings. The third-order valence-corrected chi connectivity index (χ3v) is 8.04. The standard InChI is InChI=1S/C23H27N3O4S/c1-16-6-4-9-21(18(16)3)24-10-12-25(13-11-24)23(28)19-7-5-8-20(14-19)26-22(27)17(2)15-31(26,29)30/h4-9,14,17H,10-13,15H2,1-3H3/t17-/m1/s1. The zero-order valence-corrected chi connectivity index (χ0v) is 18.9. The summed E-state index contributed by atoms with van der Waals surface area (Å²) in [5.41, 5.74) is 4.31. The van der Waals surface area contributed by atoms with Gasteiger partial charge in [-0.15, -0.1) is 0 Å². The van der Waals surface area contributed by atoms with E-state index in [2.05, 4.69) is 36.9 Å².